The lowest BCUT2D eigenvalue weighted by Crippen LogP contribution is -2.23. The van der Waals surface area contributed by atoms with Crippen LogP contribution in [0.4, 0.5) is 5.95 Å². The molecule has 0 bridgehead atoms. The lowest BCUT2D eigenvalue weighted by Gasteiger charge is -2.13. The van der Waals surface area contributed by atoms with Crippen molar-refractivity contribution in [1.29, 1.82) is 0 Å². The van der Waals surface area contributed by atoms with E-state index in [1.54, 1.807) is 39.0 Å². The minimum Gasteiger partial charge on any atom is -0.463 e. The third kappa shape index (κ3) is 5.54. The highest BCUT2D eigenvalue weighted by Crippen LogP contribution is 2.29. The third-order valence-corrected chi connectivity index (χ3v) is 6.52. The molecule has 1 heterocycles. The van der Waals surface area contributed by atoms with E-state index in [0.717, 1.165) is 9.54 Å². The highest BCUT2D eigenvalue weighted by molar-refractivity contribution is 7.90. The van der Waals surface area contributed by atoms with Gasteiger partial charge < -0.3 is 15.8 Å². The quantitative estimate of drug-likeness (QED) is 0.431. The van der Waals surface area contributed by atoms with Crippen molar-refractivity contribution >= 4 is 38.5 Å². The number of ether oxygens (including phenoxy) is 1. The fourth-order valence-electron chi connectivity index (χ4n) is 2.97. The first-order chi connectivity index (χ1) is 15.2. The van der Waals surface area contributed by atoms with E-state index < -0.39 is 21.2 Å². The summed E-state index contributed by atoms with van der Waals surface area (Å²) in [5, 5.41) is 2.08. The Morgan fingerprint density at radius 2 is 1.78 bits per heavy atom. The average Bonchev–Trinajstić information content (AvgIpc) is 3.09. The molecule has 9 heteroatoms. The Labute approximate surface area is 189 Å². The van der Waals surface area contributed by atoms with Crippen LogP contribution < -0.4 is 11.1 Å². The van der Waals surface area contributed by atoms with E-state index in [2.05, 4.69) is 10.3 Å². The van der Waals surface area contributed by atoms with Crippen LogP contribution in [0.1, 0.15) is 31.9 Å². The van der Waals surface area contributed by atoms with Gasteiger partial charge in [0.05, 0.1) is 22.9 Å². The number of rotatable bonds is 6. The summed E-state index contributed by atoms with van der Waals surface area (Å²) < 4.78 is 31.7. The molecule has 0 aliphatic carbocycles. The number of aromatic nitrogens is 2. The van der Waals surface area contributed by atoms with Gasteiger partial charge in [0.1, 0.15) is 0 Å². The van der Waals surface area contributed by atoms with Crippen LogP contribution in [0.15, 0.2) is 54.6 Å². The number of hydrogen-bond acceptors (Lipinski definition) is 7. The van der Waals surface area contributed by atoms with Gasteiger partial charge in [-0.05, 0) is 63.7 Å². The number of carbonyl (C=O) groups is 1. The van der Waals surface area contributed by atoms with Crippen molar-refractivity contribution in [3.05, 3.63) is 65.7 Å². The van der Waals surface area contributed by atoms with Crippen molar-refractivity contribution in [2.45, 2.75) is 26.0 Å². The predicted octanol–water partition coefficient (Wildman–Crippen LogP) is 3.04. The second-order valence-corrected chi connectivity index (χ2v) is 9.55. The van der Waals surface area contributed by atoms with Crippen LogP contribution >= 0.6 is 0 Å². The first-order valence-electron chi connectivity index (χ1n) is 10.2. The maximum Gasteiger partial charge on any atom is 0.331 e. The summed E-state index contributed by atoms with van der Waals surface area (Å²) in [5.74, 6) is -0.573. The molecule has 0 radical (unpaired) electrons. The summed E-state index contributed by atoms with van der Waals surface area (Å²) in [6.45, 7) is 5.16. The van der Waals surface area contributed by atoms with Gasteiger partial charge in [0.2, 0.25) is 16.0 Å². The molecule has 32 heavy (non-hydrogen) atoms. The van der Waals surface area contributed by atoms with Gasteiger partial charge in [0, 0.05) is 6.08 Å². The predicted molar refractivity (Wildman–Crippen MR) is 129 cm³/mol. The number of imidazole rings is 1. The van der Waals surface area contributed by atoms with Gasteiger partial charge >= 0.3 is 5.97 Å². The fourth-order valence-corrected chi connectivity index (χ4v) is 4.12. The van der Waals surface area contributed by atoms with Gasteiger partial charge in [-0.2, -0.15) is 0 Å². The van der Waals surface area contributed by atoms with E-state index in [-0.39, 0.29) is 12.6 Å². The minimum atomic E-state index is -3.71. The Bertz CT molecular complexity index is 1200. The molecular formula is C23H30N4O4S. The van der Waals surface area contributed by atoms with E-state index >= 15 is 0 Å². The van der Waals surface area contributed by atoms with E-state index in [4.69, 9.17) is 10.5 Å². The molecule has 0 atom stereocenters. The Morgan fingerprint density at radius 1 is 1.16 bits per heavy atom. The molecule has 0 amide bonds. The van der Waals surface area contributed by atoms with Crippen molar-refractivity contribution < 1.29 is 17.9 Å². The zero-order valence-electron chi connectivity index (χ0n) is 19.0. The number of nitrogens with one attached hydrogen (secondary N) is 1. The SMILES string of the molecule is CCOC(=O)C=C(c1ccccc1)c1ccc2nc(N)n(S(=O)(=O)C(C)C)c2c1.CNC. The fraction of sp³-hybridized carbons (Fsp3) is 0.304. The van der Waals surface area contributed by atoms with Crippen molar-refractivity contribution in [3.8, 4) is 0 Å². The topological polar surface area (TPSA) is 116 Å². The molecule has 0 unspecified atom stereocenters. The van der Waals surface area contributed by atoms with Crippen LogP contribution in [0.5, 0.6) is 0 Å². The summed E-state index contributed by atoms with van der Waals surface area (Å²) in [6.07, 6.45) is 1.40. The molecule has 3 rings (SSSR count). The van der Waals surface area contributed by atoms with Crippen molar-refractivity contribution in [3.63, 3.8) is 0 Å². The number of nitrogens with two attached hydrogens (primary N) is 1. The maximum absolute atomic E-state index is 12.8. The smallest absolute Gasteiger partial charge is 0.331 e. The Balaban J connectivity index is 0.00000114. The van der Waals surface area contributed by atoms with Gasteiger partial charge in [0.25, 0.3) is 0 Å². The monoisotopic (exact) mass is 458 g/mol. The van der Waals surface area contributed by atoms with Crippen molar-refractivity contribution in [2.75, 3.05) is 26.4 Å². The molecule has 0 aliphatic rings. The zero-order valence-corrected chi connectivity index (χ0v) is 19.8. The lowest BCUT2D eigenvalue weighted by atomic mass is 9.97. The van der Waals surface area contributed by atoms with Gasteiger partial charge in [-0.1, -0.05) is 36.4 Å². The maximum atomic E-state index is 12.8. The number of fused-ring (bicyclic) bond motifs is 1. The Hall–Kier alpha value is -3.17. The molecule has 0 fully saturated rings. The van der Waals surface area contributed by atoms with Crippen LogP contribution in [0.3, 0.4) is 0 Å². The van der Waals surface area contributed by atoms with E-state index in [1.807, 2.05) is 44.4 Å². The second-order valence-electron chi connectivity index (χ2n) is 7.21. The summed E-state index contributed by atoms with van der Waals surface area (Å²) in [4.78, 5) is 16.3. The van der Waals surface area contributed by atoms with E-state index in [9.17, 15) is 13.2 Å². The molecule has 0 spiro atoms. The first kappa shape index (κ1) is 25.1. The molecule has 3 N–H and O–H groups in total. The minimum absolute atomic E-state index is 0.0958. The summed E-state index contributed by atoms with van der Waals surface area (Å²) in [7, 11) is 0.0385. The number of esters is 1. The van der Waals surface area contributed by atoms with Crippen LogP contribution in [-0.4, -0.2) is 49.3 Å². The van der Waals surface area contributed by atoms with Gasteiger partial charge in [-0.3, -0.25) is 0 Å². The zero-order chi connectivity index (χ0) is 23.9. The Kier molecular flexibility index (Phi) is 8.56. The van der Waals surface area contributed by atoms with Crippen LogP contribution in [0.2, 0.25) is 0 Å². The normalized spacial score (nSPS) is 11.9. The highest BCUT2D eigenvalue weighted by Gasteiger charge is 2.25. The molecule has 3 aromatic rings. The van der Waals surface area contributed by atoms with Crippen LogP contribution in [-0.2, 0) is 19.6 Å². The highest BCUT2D eigenvalue weighted by atomic mass is 32.2. The number of nitrogens with zero attached hydrogens (tertiary/aromatic N) is 2. The third-order valence-electron chi connectivity index (χ3n) is 4.43. The Morgan fingerprint density at radius 3 is 2.34 bits per heavy atom. The van der Waals surface area contributed by atoms with Crippen molar-refractivity contribution in [2.24, 2.45) is 0 Å². The molecule has 2 aromatic carbocycles. The van der Waals surface area contributed by atoms with Gasteiger partial charge in [0.15, 0.2) is 0 Å². The second kappa shape index (κ2) is 10.9. The number of benzene rings is 2. The van der Waals surface area contributed by atoms with E-state index in [0.29, 0.717) is 22.2 Å². The van der Waals surface area contributed by atoms with Crippen LogP contribution in [0.25, 0.3) is 16.6 Å². The summed E-state index contributed by atoms with van der Waals surface area (Å²) in [5.41, 5.74) is 8.79. The molecule has 0 saturated heterocycles. The molecule has 1 aromatic heterocycles. The van der Waals surface area contributed by atoms with E-state index in [1.165, 1.54) is 6.08 Å². The molecule has 8 nitrogen and oxygen atoms in total. The van der Waals surface area contributed by atoms with Crippen LogP contribution in [0, 0.1) is 0 Å². The largest absolute Gasteiger partial charge is 0.463 e. The standard InChI is InChI=1S/C21H23N3O4S.C2H7N/c1-4-28-20(25)13-17(15-8-6-5-7-9-15)16-10-11-18-19(12-16)24(21(22)23-18)29(26,27)14(2)3;1-3-2/h5-14H,4H2,1-3H3,(H2,22,23);3H,1-2H3. The lowest BCUT2D eigenvalue weighted by molar-refractivity contribution is -0.137. The molecule has 0 aliphatic heterocycles. The molecule has 0 saturated carbocycles. The summed E-state index contributed by atoms with van der Waals surface area (Å²) >= 11 is 0. The number of carbonyl (C=O) groups excluding carboxylic acids is 1. The average molecular weight is 459 g/mol. The first-order valence-corrected chi connectivity index (χ1v) is 11.7. The van der Waals surface area contributed by atoms with Crippen molar-refractivity contribution in [1.82, 2.24) is 14.3 Å². The molecular weight excluding hydrogens is 428 g/mol. The summed E-state index contributed by atoms with van der Waals surface area (Å²) in [6, 6.07) is 14.5. The number of hydrogen-bond donors (Lipinski definition) is 2. The number of anilines is 1. The van der Waals surface area contributed by atoms with Gasteiger partial charge in [-0.15, -0.1) is 0 Å². The van der Waals surface area contributed by atoms with Gasteiger partial charge in [-0.25, -0.2) is 22.2 Å². The molecule has 172 valence electrons. The number of nitrogen functional groups attached to an aromatic ring is 1.